The molecule has 3 aromatic carbocycles. The van der Waals surface area contributed by atoms with E-state index in [0.717, 1.165) is 43.0 Å². The molecule has 3 aromatic rings. The largest absolute Gasteiger partial charge is 0.379 e. The molecule has 1 saturated heterocycles. The van der Waals surface area contributed by atoms with E-state index in [4.69, 9.17) is 0 Å². The van der Waals surface area contributed by atoms with E-state index in [-0.39, 0.29) is 10.6 Å². The molecule has 33 heavy (non-hydrogen) atoms. The van der Waals surface area contributed by atoms with Gasteiger partial charge in [-0.25, -0.2) is 0 Å². The number of aliphatic hydroxyl groups is 1. The van der Waals surface area contributed by atoms with Gasteiger partial charge in [0.25, 0.3) is 5.69 Å². The fourth-order valence-electron chi connectivity index (χ4n) is 4.11. The molecule has 6 heteroatoms. The van der Waals surface area contributed by atoms with E-state index in [1.807, 2.05) is 72.8 Å². The summed E-state index contributed by atoms with van der Waals surface area (Å²) < 4.78 is 0. The predicted octanol–water partition coefficient (Wildman–Crippen LogP) is 4.05. The maximum Gasteiger partial charge on any atom is 0.269 e. The second kappa shape index (κ2) is 10.3. The van der Waals surface area contributed by atoms with Gasteiger partial charge in [0.05, 0.1) is 11.5 Å². The van der Waals surface area contributed by atoms with Crippen molar-refractivity contribution in [1.29, 1.82) is 0 Å². The number of nitro groups is 1. The molecule has 0 amide bonds. The van der Waals surface area contributed by atoms with Gasteiger partial charge >= 0.3 is 0 Å². The monoisotopic (exact) mass is 441 g/mol. The van der Waals surface area contributed by atoms with Crippen molar-refractivity contribution in [2.45, 2.75) is 12.0 Å². The number of hydrogen-bond donors (Lipinski definition) is 1. The molecule has 6 nitrogen and oxygen atoms in total. The lowest BCUT2D eigenvalue weighted by atomic mass is 9.84. The normalized spacial score (nSPS) is 14.4. The zero-order valence-corrected chi connectivity index (χ0v) is 18.4. The molecule has 168 valence electrons. The lowest BCUT2D eigenvalue weighted by molar-refractivity contribution is -0.384. The van der Waals surface area contributed by atoms with Gasteiger partial charge in [-0.3, -0.25) is 15.0 Å². The van der Waals surface area contributed by atoms with Gasteiger partial charge in [0.1, 0.15) is 5.60 Å². The van der Waals surface area contributed by atoms with E-state index in [9.17, 15) is 15.2 Å². The van der Waals surface area contributed by atoms with Crippen LogP contribution in [0.5, 0.6) is 0 Å². The molecule has 4 rings (SSSR count). The van der Waals surface area contributed by atoms with Gasteiger partial charge in [0.2, 0.25) is 0 Å². The quantitative estimate of drug-likeness (QED) is 0.355. The molecule has 0 atom stereocenters. The standard InChI is InChI=1S/C27H27N3O3/c31-27(23-9-3-1-4-10-23,24-11-5-2-6-12-24)17-7-8-18-28-19-21-29(22-20-28)25-13-15-26(16-14-25)30(32)33/h1-6,9-16,31H,17-22H2. The highest BCUT2D eigenvalue weighted by Gasteiger charge is 2.30. The van der Waals surface area contributed by atoms with Gasteiger partial charge in [0.15, 0.2) is 0 Å². The highest BCUT2D eigenvalue weighted by molar-refractivity contribution is 5.51. The summed E-state index contributed by atoms with van der Waals surface area (Å²) in [4.78, 5) is 15.0. The lowest BCUT2D eigenvalue weighted by Crippen LogP contribution is -2.46. The fraction of sp³-hybridized carbons (Fsp3) is 0.259. The molecule has 0 radical (unpaired) electrons. The van der Waals surface area contributed by atoms with E-state index >= 15 is 0 Å². The molecule has 0 aliphatic carbocycles. The summed E-state index contributed by atoms with van der Waals surface area (Å²) in [5, 5.41) is 22.4. The first kappa shape index (κ1) is 22.5. The molecule has 1 heterocycles. The Labute approximate surface area is 194 Å². The number of nitro benzene ring substituents is 1. The molecule has 0 saturated carbocycles. The Morgan fingerprint density at radius 2 is 1.36 bits per heavy atom. The van der Waals surface area contributed by atoms with Crippen LogP contribution < -0.4 is 4.90 Å². The third kappa shape index (κ3) is 5.40. The van der Waals surface area contributed by atoms with Crippen molar-refractivity contribution in [2.75, 3.05) is 37.6 Å². The molecular formula is C27H27N3O3. The first-order valence-corrected chi connectivity index (χ1v) is 11.1. The third-order valence-electron chi connectivity index (χ3n) is 6.07. The Kier molecular flexibility index (Phi) is 7.04. The number of nitrogens with zero attached hydrogens (tertiary/aromatic N) is 3. The van der Waals surface area contributed by atoms with Crippen LogP contribution in [0.4, 0.5) is 11.4 Å². The van der Waals surface area contributed by atoms with Crippen LogP contribution in [0.2, 0.25) is 0 Å². The van der Waals surface area contributed by atoms with Gasteiger partial charge in [-0.2, -0.15) is 0 Å². The van der Waals surface area contributed by atoms with Crippen LogP contribution in [0.15, 0.2) is 84.9 Å². The SMILES string of the molecule is O=[N+]([O-])c1ccc(N2CCN(CC#CCC(O)(c3ccccc3)c3ccccc3)CC2)cc1. The fourth-order valence-corrected chi connectivity index (χ4v) is 4.11. The minimum Gasteiger partial charge on any atom is -0.379 e. The van der Waals surface area contributed by atoms with Crippen LogP contribution in [0, 0.1) is 22.0 Å². The molecule has 0 unspecified atom stereocenters. The number of hydrogen-bond acceptors (Lipinski definition) is 5. The van der Waals surface area contributed by atoms with E-state index in [0.29, 0.717) is 13.0 Å². The summed E-state index contributed by atoms with van der Waals surface area (Å²) in [6.07, 6.45) is 0.323. The molecule has 0 aromatic heterocycles. The van der Waals surface area contributed by atoms with E-state index < -0.39 is 5.60 Å². The van der Waals surface area contributed by atoms with Crippen molar-refractivity contribution in [2.24, 2.45) is 0 Å². The molecule has 1 aliphatic heterocycles. The van der Waals surface area contributed by atoms with Crippen LogP contribution >= 0.6 is 0 Å². The first-order chi connectivity index (χ1) is 16.1. The number of piperazine rings is 1. The minimum atomic E-state index is -1.15. The Bertz CT molecular complexity index is 1070. The second-order valence-electron chi connectivity index (χ2n) is 8.16. The average Bonchev–Trinajstić information content (AvgIpc) is 2.88. The Morgan fingerprint density at radius 3 is 1.88 bits per heavy atom. The van der Waals surface area contributed by atoms with Gasteiger partial charge in [0, 0.05) is 50.4 Å². The van der Waals surface area contributed by atoms with E-state index in [1.54, 1.807) is 12.1 Å². The van der Waals surface area contributed by atoms with Crippen molar-refractivity contribution < 1.29 is 10.0 Å². The highest BCUT2D eigenvalue weighted by Crippen LogP contribution is 2.32. The average molecular weight is 442 g/mol. The Morgan fingerprint density at radius 1 is 0.818 bits per heavy atom. The predicted molar refractivity (Wildman–Crippen MR) is 130 cm³/mol. The topological polar surface area (TPSA) is 69.9 Å². The molecule has 0 bridgehead atoms. The smallest absolute Gasteiger partial charge is 0.269 e. The highest BCUT2D eigenvalue weighted by atomic mass is 16.6. The number of benzene rings is 3. The Balaban J connectivity index is 1.35. The van der Waals surface area contributed by atoms with Gasteiger partial charge in [-0.05, 0) is 23.3 Å². The Hall–Kier alpha value is -3.66. The molecule has 0 spiro atoms. The van der Waals surface area contributed by atoms with Gasteiger partial charge in [-0.1, -0.05) is 72.5 Å². The molecule has 1 aliphatic rings. The maximum atomic E-state index is 11.5. The molecule has 1 N–H and O–H groups in total. The summed E-state index contributed by atoms with van der Waals surface area (Å²) >= 11 is 0. The molecular weight excluding hydrogens is 414 g/mol. The zero-order chi connectivity index (χ0) is 23.1. The number of anilines is 1. The number of non-ortho nitro benzene ring substituents is 1. The van der Waals surface area contributed by atoms with Crippen molar-refractivity contribution in [1.82, 2.24) is 4.90 Å². The zero-order valence-electron chi connectivity index (χ0n) is 18.4. The minimum absolute atomic E-state index is 0.110. The van der Waals surface area contributed by atoms with Crippen LogP contribution in [0.1, 0.15) is 17.5 Å². The molecule has 1 fully saturated rings. The van der Waals surface area contributed by atoms with Crippen molar-refractivity contribution in [3.63, 3.8) is 0 Å². The van der Waals surface area contributed by atoms with Crippen molar-refractivity contribution in [3.8, 4) is 11.8 Å². The van der Waals surface area contributed by atoms with Crippen LogP contribution in [0.3, 0.4) is 0 Å². The van der Waals surface area contributed by atoms with E-state index in [1.165, 1.54) is 0 Å². The summed E-state index contributed by atoms with van der Waals surface area (Å²) in [6.45, 7) is 4.07. The van der Waals surface area contributed by atoms with Crippen molar-refractivity contribution in [3.05, 3.63) is 106 Å². The summed E-state index contributed by atoms with van der Waals surface area (Å²) in [6, 6.07) is 26.1. The van der Waals surface area contributed by atoms with Crippen LogP contribution in [-0.4, -0.2) is 47.7 Å². The van der Waals surface area contributed by atoms with Crippen LogP contribution in [0.25, 0.3) is 0 Å². The summed E-state index contributed by atoms with van der Waals surface area (Å²) in [5.41, 5.74) is 1.63. The second-order valence-corrected chi connectivity index (χ2v) is 8.16. The van der Waals surface area contributed by atoms with Crippen LogP contribution in [-0.2, 0) is 5.60 Å². The summed E-state index contributed by atoms with van der Waals surface area (Å²) in [7, 11) is 0. The maximum absolute atomic E-state index is 11.5. The lowest BCUT2D eigenvalue weighted by Gasteiger charge is -2.35. The number of rotatable bonds is 6. The van der Waals surface area contributed by atoms with Gasteiger partial charge in [-0.15, -0.1) is 0 Å². The summed E-state index contributed by atoms with van der Waals surface area (Å²) in [5.74, 6) is 6.46. The van der Waals surface area contributed by atoms with Crippen molar-refractivity contribution >= 4 is 11.4 Å². The van der Waals surface area contributed by atoms with E-state index in [2.05, 4.69) is 21.6 Å². The van der Waals surface area contributed by atoms with Gasteiger partial charge < -0.3 is 10.0 Å². The first-order valence-electron chi connectivity index (χ1n) is 11.1. The third-order valence-corrected chi connectivity index (χ3v) is 6.07.